The standard InChI is InChI=1S/C19H30N4O.HI/c1-3-15-8-4-5-9-16(15)14-22-19(20-2)21-13-12-18(24)23-17-10-6-7-11-17;/h4-5,8-9,17H,3,6-7,10-14H2,1-2H3,(H,23,24)(H2,20,21,22);1H. The Labute approximate surface area is 168 Å². The van der Waals surface area contributed by atoms with E-state index < -0.39 is 0 Å². The predicted octanol–water partition coefficient (Wildman–Crippen LogP) is 2.98. The van der Waals surface area contributed by atoms with Crippen LogP contribution in [0.5, 0.6) is 0 Å². The molecule has 1 aromatic carbocycles. The summed E-state index contributed by atoms with van der Waals surface area (Å²) in [6.45, 7) is 3.49. The van der Waals surface area contributed by atoms with Crippen molar-refractivity contribution < 1.29 is 4.79 Å². The topological polar surface area (TPSA) is 65.5 Å². The fourth-order valence-corrected chi connectivity index (χ4v) is 3.14. The monoisotopic (exact) mass is 458 g/mol. The molecule has 1 fully saturated rings. The van der Waals surface area contributed by atoms with Crippen molar-refractivity contribution in [2.24, 2.45) is 4.99 Å². The Bertz CT molecular complexity index is 556. The first kappa shape index (κ1) is 21.7. The molecule has 1 aliphatic rings. The van der Waals surface area contributed by atoms with Crippen molar-refractivity contribution in [2.45, 2.75) is 58.0 Å². The number of nitrogens with zero attached hydrogens (tertiary/aromatic N) is 1. The van der Waals surface area contributed by atoms with Crippen molar-refractivity contribution in [3.8, 4) is 0 Å². The SMILES string of the molecule is CCc1ccccc1CNC(=NC)NCCC(=O)NC1CCCC1.I. The van der Waals surface area contributed by atoms with Crippen molar-refractivity contribution in [2.75, 3.05) is 13.6 Å². The number of nitrogens with one attached hydrogen (secondary N) is 3. The van der Waals surface area contributed by atoms with Crippen LogP contribution >= 0.6 is 24.0 Å². The highest BCUT2D eigenvalue weighted by molar-refractivity contribution is 14.0. The molecule has 2 rings (SSSR count). The minimum Gasteiger partial charge on any atom is -0.356 e. The largest absolute Gasteiger partial charge is 0.356 e. The second-order valence-corrected chi connectivity index (χ2v) is 6.27. The van der Waals surface area contributed by atoms with Gasteiger partial charge in [-0.05, 0) is 30.4 Å². The van der Waals surface area contributed by atoms with Crippen molar-refractivity contribution >= 4 is 35.8 Å². The molecule has 1 saturated carbocycles. The summed E-state index contributed by atoms with van der Waals surface area (Å²) in [5.74, 6) is 0.857. The quantitative estimate of drug-likeness (QED) is 0.335. The smallest absolute Gasteiger partial charge is 0.221 e. The third kappa shape index (κ3) is 7.63. The highest BCUT2D eigenvalue weighted by Crippen LogP contribution is 2.17. The van der Waals surface area contributed by atoms with Gasteiger partial charge in [0.15, 0.2) is 5.96 Å². The van der Waals surface area contributed by atoms with Gasteiger partial charge in [0.2, 0.25) is 5.91 Å². The molecule has 5 nitrogen and oxygen atoms in total. The number of hydrogen-bond donors (Lipinski definition) is 3. The lowest BCUT2D eigenvalue weighted by Gasteiger charge is -2.15. The van der Waals surface area contributed by atoms with E-state index in [1.54, 1.807) is 7.05 Å². The van der Waals surface area contributed by atoms with E-state index in [-0.39, 0.29) is 29.9 Å². The second kappa shape index (κ2) is 12.1. The average molecular weight is 458 g/mol. The van der Waals surface area contributed by atoms with E-state index in [2.05, 4.69) is 52.1 Å². The van der Waals surface area contributed by atoms with E-state index in [9.17, 15) is 4.79 Å². The second-order valence-electron chi connectivity index (χ2n) is 6.27. The Morgan fingerprint density at radius 3 is 2.48 bits per heavy atom. The fourth-order valence-electron chi connectivity index (χ4n) is 3.14. The zero-order valence-corrected chi connectivity index (χ0v) is 17.6. The molecule has 0 heterocycles. The maximum absolute atomic E-state index is 11.9. The number of aryl methyl sites for hydroxylation is 1. The molecule has 6 heteroatoms. The third-order valence-electron chi connectivity index (χ3n) is 4.53. The number of aliphatic imine (C=N–C) groups is 1. The number of amides is 1. The molecule has 1 aliphatic carbocycles. The van der Waals surface area contributed by atoms with Gasteiger partial charge in [0, 0.05) is 32.6 Å². The van der Waals surface area contributed by atoms with Crippen LogP contribution < -0.4 is 16.0 Å². The van der Waals surface area contributed by atoms with Gasteiger partial charge in [0.25, 0.3) is 0 Å². The molecule has 0 aromatic heterocycles. The Hall–Kier alpha value is -1.31. The summed E-state index contributed by atoms with van der Waals surface area (Å²) in [4.78, 5) is 16.1. The first-order chi connectivity index (χ1) is 11.7. The van der Waals surface area contributed by atoms with Crippen LogP contribution in [0.4, 0.5) is 0 Å². The highest BCUT2D eigenvalue weighted by Gasteiger charge is 2.16. The lowest BCUT2D eigenvalue weighted by atomic mass is 10.1. The number of benzene rings is 1. The Kier molecular flexibility index (Phi) is 10.5. The lowest BCUT2D eigenvalue weighted by Crippen LogP contribution is -2.40. The van der Waals surface area contributed by atoms with Crippen LogP contribution in [0, 0.1) is 0 Å². The summed E-state index contributed by atoms with van der Waals surface area (Å²) in [7, 11) is 1.75. The van der Waals surface area contributed by atoms with E-state index in [4.69, 9.17) is 0 Å². The summed E-state index contributed by atoms with van der Waals surface area (Å²) < 4.78 is 0. The normalized spacial score (nSPS) is 14.7. The molecular formula is C19H31IN4O. The summed E-state index contributed by atoms with van der Waals surface area (Å²) in [6.07, 6.45) is 6.21. The number of guanidine groups is 1. The molecule has 140 valence electrons. The number of rotatable bonds is 7. The molecule has 25 heavy (non-hydrogen) atoms. The van der Waals surface area contributed by atoms with Crippen molar-refractivity contribution in [3.63, 3.8) is 0 Å². The van der Waals surface area contributed by atoms with Gasteiger partial charge in [0.05, 0.1) is 0 Å². The van der Waals surface area contributed by atoms with Gasteiger partial charge in [-0.2, -0.15) is 0 Å². The van der Waals surface area contributed by atoms with E-state index in [0.717, 1.165) is 31.8 Å². The highest BCUT2D eigenvalue weighted by atomic mass is 127. The minimum atomic E-state index is 0. The van der Waals surface area contributed by atoms with Gasteiger partial charge in [-0.15, -0.1) is 24.0 Å². The van der Waals surface area contributed by atoms with Crippen LogP contribution in [-0.2, 0) is 17.8 Å². The van der Waals surface area contributed by atoms with E-state index in [0.29, 0.717) is 19.0 Å². The van der Waals surface area contributed by atoms with Crippen molar-refractivity contribution in [3.05, 3.63) is 35.4 Å². The number of halogens is 1. The Morgan fingerprint density at radius 1 is 1.16 bits per heavy atom. The summed E-state index contributed by atoms with van der Waals surface area (Å²) >= 11 is 0. The third-order valence-corrected chi connectivity index (χ3v) is 4.53. The maximum Gasteiger partial charge on any atom is 0.221 e. The van der Waals surface area contributed by atoms with E-state index in [1.165, 1.54) is 24.0 Å². The molecule has 0 unspecified atom stereocenters. The maximum atomic E-state index is 11.9. The summed E-state index contributed by atoms with van der Waals surface area (Å²) in [5, 5.41) is 9.63. The van der Waals surface area contributed by atoms with Gasteiger partial charge >= 0.3 is 0 Å². The average Bonchev–Trinajstić information content (AvgIpc) is 3.11. The fraction of sp³-hybridized carbons (Fsp3) is 0.579. The number of hydrogen-bond acceptors (Lipinski definition) is 2. The van der Waals surface area contributed by atoms with E-state index >= 15 is 0 Å². The predicted molar refractivity (Wildman–Crippen MR) is 114 cm³/mol. The molecule has 1 amide bonds. The molecule has 0 radical (unpaired) electrons. The van der Waals surface area contributed by atoms with Gasteiger partial charge in [-0.1, -0.05) is 44.0 Å². The molecule has 0 aliphatic heterocycles. The number of carbonyl (C=O) groups excluding carboxylic acids is 1. The molecule has 0 bridgehead atoms. The van der Waals surface area contributed by atoms with Crippen LogP contribution in [0.15, 0.2) is 29.3 Å². The van der Waals surface area contributed by atoms with Gasteiger partial charge in [0.1, 0.15) is 0 Å². The lowest BCUT2D eigenvalue weighted by molar-refractivity contribution is -0.121. The molecule has 1 aromatic rings. The first-order valence-corrected chi connectivity index (χ1v) is 9.03. The molecule has 3 N–H and O–H groups in total. The zero-order chi connectivity index (χ0) is 17.2. The van der Waals surface area contributed by atoms with Crippen LogP contribution in [0.1, 0.15) is 50.2 Å². The first-order valence-electron chi connectivity index (χ1n) is 9.03. The van der Waals surface area contributed by atoms with Gasteiger partial charge in [-0.25, -0.2) is 0 Å². The summed E-state index contributed by atoms with van der Waals surface area (Å²) in [6, 6.07) is 8.80. The van der Waals surface area contributed by atoms with Gasteiger partial charge in [-0.3, -0.25) is 9.79 Å². The van der Waals surface area contributed by atoms with Crippen molar-refractivity contribution in [1.82, 2.24) is 16.0 Å². The molecular weight excluding hydrogens is 427 g/mol. The summed E-state index contributed by atoms with van der Waals surface area (Å²) in [5.41, 5.74) is 2.62. The van der Waals surface area contributed by atoms with Crippen LogP contribution in [-0.4, -0.2) is 31.5 Å². The number of carbonyl (C=O) groups is 1. The molecule has 0 spiro atoms. The van der Waals surface area contributed by atoms with Gasteiger partial charge < -0.3 is 16.0 Å². The van der Waals surface area contributed by atoms with Crippen molar-refractivity contribution in [1.29, 1.82) is 0 Å². The van der Waals surface area contributed by atoms with E-state index in [1.807, 2.05) is 0 Å². The zero-order valence-electron chi connectivity index (χ0n) is 15.3. The Balaban J connectivity index is 0.00000312. The van der Waals surface area contributed by atoms with Crippen LogP contribution in [0.25, 0.3) is 0 Å². The minimum absolute atomic E-state index is 0. The Morgan fingerprint density at radius 2 is 1.84 bits per heavy atom. The molecule has 0 atom stereocenters. The van der Waals surface area contributed by atoms with Crippen LogP contribution in [0.3, 0.4) is 0 Å². The molecule has 0 saturated heterocycles. The van der Waals surface area contributed by atoms with Crippen LogP contribution in [0.2, 0.25) is 0 Å².